The van der Waals surface area contributed by atoms with Crippen molar-refractivity contribution in [2.45, 2.75) is 38.6 Å². The van der Waals surface area contributed by atoms with E-state index in [0.717, 1.165) is 35.2 Å². The summed E-state index contributed by atoms with van der Waals surface area (Å²) >= 11 is 12.5. The number of fused-ring (bicyclic) bond motifs is 1. The van der Waals surface area contributed by atoms with Crippen LogP contribution in [0.5, 0.6) is 0 Å². The molecule has 0 radical (unpaired) electrons. The van der Waals surface area contributed by atoms with Crippen molar-refractivity contribution in [1.29, 1.82) is 0 Å². The Morgan fingerprint density at radius 2 is 1.89 bits per heavy atom. The van der Waals surface area contributed by atoms with Gasteiger partial charge in [0.15, 0.2) is 5.82 Å². The lowest BCUT2D eigenvalue weighted by Crippen LogP contribution is -3.00. The van der Waals surface area contributed by atoms with Crippen molar-refractivity contribution < 1.29 is 12.4 Å². The van der Waals surface area contributed by atoms with Gasteiger partial charge in [0.25, 0.3) is 0 Å². The van der Waals surface area contributed by atoms with Gasteiger partial charge in [0.2, 0.25) is 0 Å². The summed E-state index contributed by atoms with van der Waals surface area (Å²) in [5.41, 5.74) is 1.76. The highest BCUT2D eigenvalue weighted by molar-refractivity contribution is 6.36. The van der Waals surface area contributed by atoms with Crippen molar-refractivity contribution in [3.8, 4) is 11.4 Å². The zero-order chi connectivity index (χ0) is 18.1. The van der Waals surface area contributed by atoms with Gasteiger partial charge in [-0.15, -0.1) is 0 Å². The number of aromatic nitrogens is 2. The fourth-order valence-electron chi connectivity index (χ4n) is 3.77. The minimum absolute atomic E-state index is 0. The topological polar surface area (TPSA) is 29.0 Å². The van der Waals surface area contributed by atoms with E-state index in [4.69, 9.17) is 33.2 Å². The van der Waals surface area contributed by atoms with Gasteiger partial charge in [-0.2, -0.15) is 0 Å². The van der Waals surface area contributed by atoms with Crippen LogP contribution in [-0.4, -0.2) is 22.6 Å². The van der Waals surface area contributed by atoms with Crippen molar-refractivity contribution in [3.05, 3.63) is 52.5 Å². The van der Waals surface area contributed by atoms with Crippen molar-refractivity contribution in [2.75, 3.05) is 11.4 Å². The van der Waals surface area contributed by atoms with Crippen LogP contribution in [0.15, 0.2) is 42.5 Å². The molecule has 1 unspecified atom stereocenters. The maximum Gasteiger partial charge on any atom is 0.163 e. The molecule has 0 amide bonds. The molecule has 6 heteroatoms. The second-order valence-electron chi connectivity index (χ2n) is 6.76. The molecule has 1 fully saturated rings. The van der Waals surface area contributed by atoms with Gasteiger partial charge in [0.1, 0.15) is 5.82 Å². The molecule has 0 bridgehead atoms. The predicted molar refractivity (Wildman–Crippen MR) is 110 cm³/mol. The van der Waals surface area contributed by atoms with E-state index >= 15 is 0 Å². The summed E-state index contributed by atoms with van der Waals surface area (Å²) < 4.78 is 0. The third-order valence-corrected chi connectivity index (χ3v) is 5.67. The van der Waals surface area contributed by atoms with Crippen LogP contribution < -0.4 is 17.3 Å². The molecule has 1 aromatic heterocycles. The van der Waals surface area contributed by atoms with Gasteiger partial charge in [-0.1, -0.05) is 42.3 Å². The number of nitrogens with zero attached hydrogens (tertiary/aromatic N) is 3. The van der Waals surface area contributed by atoms with E-state index < -0.39 is 0 Å². The van der Waals surface area contributed by atoms with Gasteiger partial charge in [-0.05, 0) is 56.0 Å². The number of rotatable bonds is 3. The molecule has 1 atom stereocenters. The minimum Gasteiger partial charge on any atom is -1.00 e. The first-order valence-corrected chi connectivity index (χ1v) is 9.92. The summed E-state index contributed by atoms with van der Waals surface area (Å²) in [7, 11) is 0. The predicted octanol–water partition coefficient (Wildman–Crippen LogP) is 3.38. The monoisotopic (exact) mass is 420 g/mol. The average Bonchev–Trinajstić information content (AvgIpc) is 2.67. The number of para-hydroxylation sites is 1. The second-order valence-corrected chi connectivity index (χ2v) is 7.61. The number of benzene rings is 2. The lowest BCUT2D eigenvalue weighted by atomic mass is 9.99. The lowest BCUT2D eigenvalue weighted by molar-refractivity contribution is -0.00000517. The SMILES string of the molecule is CCC1CCCCN1c1nc(-c2ccc(Cl)cc2Cl)nc2ccccc12.[Cl-]. The molecule has 0 spiro atoms. The van der Waals surface area contributed by atoms with Crippen LogP contribution in [0.2, 0.25) is 10.0 Å². The van der Waals surface area contributed by atoms with E-state index in [1.165, 1.54) is 19.3 Å². The van der Waals surface area contributed by atoms with E-state index in [1.807, 2.05) is 24.3 Å². The summed E-state index contributed by atoms with van der Waals surface area (Å²) in [6, 6.07) is 14.2. The summed E-state index contributed by atoms with van der Waals surface area (Å²) in [6.45, 7) is 3.29. The van der Waals surface area contributed by atoms with Gasteiger partial charge < -0.3 is 17.3 Å². The lowest BCUT2D eigenvalue weighted by Gasteiger charge is -2.37. The quantitative estimate of drug-likeness (QED) is 0.649. The number of anilines is 1. The Hall–Kier alpha value is -1.55. The van der Waals surface area contributed by atoms with Gasteiger partial charge in [-0.25, -0.2) is 9.97 Å². The number of hydrogen-bond donors (Lipinski definition) is 0. The maximum absolute atomic E-state index is 6.43. The zero-order valence-corrected chi connectivity index (χ0v) is 17.4. The first-order chi connectivity index (χ1) is 12.7. The standard InChI is InChI=1S/C21H21Cl2N3.ClH/c1-2-15-7-5-6-12-26(15)21-17-8-3-4-9-19(17)24-20(25-21)16-11-10-14(22)13-18(16)23;/h3-4,8-11,13,15H,2,5-7,12H2,1H3;1H/p-1. The maximum atomic E-state index is 6.43. The van der Waals surface area contributed by atoms with Crippen molar-refractivity contribution in [1.82, 2.24) is 9.97 Å². The Labute approximate surface area is 176 Å². The Morgan fingerprint density at radius 1 is 1.07 bits per heavy atom. The van der Waals surface area contributed by atoms with Crippen LogP contribution in [0.1, 0.15) is 32.6 Å². The van der Waals surface area contributed by atoms with E-state index in [0.29, 0.717) is 21.9 Å². The third-order valence-electron chi connectivity index (χ3n) is 5.13. The molecule has 2 aromatic carbocycles. The van der Waals surface area contributed by atoms with E-state index in [2.05, 4.69) is 24.0 Å². The third kappa shape index (κ3) is 4.01. The normalized spacial score (nSPS) is 17.0. The molecule has 2 heterocycles. The number of halogens is 3. The highest BCUT2D eigenvalue weighted by Crippen LogP contribution is 2.34. The van der Waals surface area contributed by atoms with Gasteiger partial charge >= 0.3 is 0 Å². The molecule has 0 aliphatic carbocycles. The van der Waals surface area contributed by atoms with E-state index in [1.54, 1.807) is 6.07 Å². The molecule has 0 N–H and O–H groups in total. The van der Waals surface area contributed by atoms with Gasteiger partial charge in [-0.3, -0.25) is 0 Å². The summed E-state index contributed by atoms with van der Waals surface area (Å²) in [5, 5.41) is 2.29. The summed E-state index contributed by atoms with van der Waals surface area (Å²) in [5.74, 6) is 1.67. The summed E-state index contributed by atoms with van der Waals surface area (Å²) in [6.07, 6.45) is 4.82. The smallest absolute Gasteiger partial charge is 0.163 e. The Bertz CT molecular complexity index is 945. The highest BCUT2D eigenvalue weighted by atomic mass is 35.5. The average molecular weight is 422 g/mol. The zero-order valence-electron chi connectivity index (χ0n) is 15.1. The number of hydrogen-bond acceptors (Lipinski definition) is 3. The van der Waals surface area contributed by atoms with Crippen LogP contribution in [-0.2, 0) is 0 Å². The molecule has 1 aliphatic rings. The van der Waals surface area contributed by atoms with Crippen LogP contribution in [0.25, 0.3) is 22.3 Å². The van der Waals surface area contributed by atoms with Gasteiger partial charge in [0, 0.05) is 28.6 Å². The Morgan fingerprint density at radius 3 is 2.67 bits per heavy atom. The Balaban J connectivity index is 0.00000210. The summed E-state index contributed by atoms with van der Waals surface area (Å²) in [4.78, 5) is 12.2. The van der Waals surface area contributed by atoms with E-state index in [-0.39, 0.29) is 12.4 Å². The van der Waals surface area contributed by atoms with Gasteiger partial charge in [0.05, 0.1) is 10.5 Å². The molecule has 1 saturated heterocycles. The molecule has 3 nitrogen and oxygen atoms in total. The van der Waals surface area contributed by atoms with E-state index in [9.17, 15) is 0 Å². The fraction of sp³-hybridized carbons (Fsp3) is 0.333. The van der Waals surface area contributed by atoms with Crippen LogP contribution in [0.3, 0.4) is 0 Å². The number of piperidine rings is 1. The van der Waals surface area contributed by atoms with Crippen molar-refractivity contribution in [3.63, 3.8) is 0 Å². The molecule has 0 saturated carbocycles. The van der Waals surface area contributed by atoms with Crippen molar-refractivity contribution in [2.24, 2.45) is 0 Å². The molecule has 4 rings (SSSR count). The largest absolute Gasteiger partial charge is 1.00 e. The molecule has 1 aliphatic heterocycles. The molecule has 3 aromatic rings. The Kier molecular flexibility index (Phi) is 6.46. The second kappa shape index (κ2) is 8.64. The first kappa shape index (κ1) is 20.2. The van der Waals surface area contributed by atoms with Crippen LogP contribution in [0.4, 0.5) is 5.82 Å². The fourth-order valence-corrected chi connectivity index (χ4v) is 4.27. The highest BCUT2D eigenvalue weighted by Gasteiger charge is 2.25. The van der Waals surface area contributed by atoms with Crippen LogP contribution in [0, 0.1) is 0 Å². The minimum atomic E-state index is 0. The molecule has 27 heavy (non-hydrogen) atoms. The van der Waals surface area contributed by atoms with Crippen molar-refractivity contribution >= 4 is 39.9 Å². The molecular weight excluding hydrogens is 401 g/mol. The van der Waals surface area contributed by atoms with Crippen LogP contribution >= 0.6 is 23.2 Å². The molecule has 142 valence electrons. The molecular formula is C21H21Cl3N3-. The first-order valence-electron chi connectivity index (χ1n) is 9.16.